The van der Waals surface area contributed by atoms with Crippen molar-refractivity contribution in [1.29, 1.82) is 0 Å². The molecule has 0 radical (unpaired) electrons. The lowest BCUT2D eigenvalue weighted by Crippen LogP contribution is -2.31. The van der Waals surface area contributed by atoms with Crippen LogP contribution in [0, 0.1) is 11.8 Å². The van der Waals surface area contributed by atoms with Crippen LogP contribution in [0.5, 0.6) is 0 Å². The Labute approximate surface area is 212 Å². The van der Waals surface area contributed by atoms with Crippen molar-refractivity contribution in [3.05, 3.63) is 81.6 Å². The van der Waals surface area contributed by atoms with Gasteiger partial charge in [0.15, 0.2) is 11.5 Å². The number of esters is 1. The lowest BCUT2D eigenvalue weighted by molar-refractivity contribution is -0.144. The van der Waals surface area contributed by atoms with E-state index in [4.69, 9.17) is 16.3 Å². The first-order valence-corrected chi connectivity index (χ1v) is 13.2. The van der Waals surface area contributed by atoms with Gasteiger partial charge in [-0.3, -0.25) is 14.4 Å². The van der Waals surface area contributed by atoms with Gasteiger partial charge in [-0.1, -0.05) is 74.7 Å². The number of allylic oxidation sites excluding steroid dienone is 2. The minimum Gasteiger partial charge on any atom is -0.422 e. The SMILES string of the molecule is CCCC(CCC)C(=O)OC1=C([C@H]2CC[C@H](c3ccc(Cl)cc3)CC2)C(=O)c2ccccc2C1=O. The molecule has 0 spiro atoms. The van der Waals surface area contributed by atoms with Gasteiger partial charge in [0.25, 0.3) is 0 Å². The number of rotatable bonds is 8. The highest BCUT2D eigenvalue weighted by Crippen LogP contribution is 2.43. The number of ether oxygens (including phenoxy) is 1. The third-order valence-corrected chi connectivity index (χ3v) is 7.65. The van der Waals surface area contributed by atoms with E-state index in [9.17, 15) is 14.4 Å². The van der Waals surface area contributed by atoms with E-state index in [0.717, 1.165) is 38.5 Å². The van der Waals surface area contributed by atoms with Crippen LogP contribution >= 0.6 is 11.6 Å². The van der Waals surface area contributed by atoms with Crippen LogP contribution in [0.3, 0.4) is 0 Å². The Morgan fingerprint density at radius 2 is 1.40 bits per heavy atom. The summed E-state index contributed by atoms with van der Waals surface area (Å²) in [7, 11) is 0. The summed E-state index contributed by atoms with van der Waals surface area (Å²) in [4.78, 5) is 40.3. The van der Waals surface area contributed by atoms with E-state index < -0.39 is 5.97 Å². The second-order valence-electron chi connectivity index (χ2n) is 9.74. The maximum Gasteiger partial charge on any atom is 0.314 e. The molecule has 0 bridgehead atoms. The fourth-order valence-electron chi connectivity index (χ4n) is 5.56. The number of halogens is 1. The molecule has 0 amide bonds. The molecule has 0 N–H and O–H groups in total. The number of Topliss-reactive ketones (excluding diaryl/α,β-unsaturated/α-hetero) is 2. The third-order valence-electron chi connectivity index (χ3n) is 7.40. The fourth-order valence-corrected chi connectivity index (χ4v) is 5.68. The van der Waals surface area contributed by atoms with E-state index in [2.05, 4.69) is 12.1 Å². The number of benzene rings is 2. The molecule has 4 nitrogen and oxygen atoms in total. The molecule has 1 fully saturated rings. The summed E-state index contributed by atoms with van der Waals surface area (Å²) in [5, 5.41) is 0.716. The molecule has 5 heteroatoms. The van der Waals surface area contributed by atoms with Crippen molar-refractivity contribution in [2.45, 2.75) is 71.1 Å². The van der Waals surface area contributed by atoms with Crippen molar-refractivity contribution in [1.82, 2.24) is 0 Å². The van der Waals surface area contributed by atoms with Gasteiger partial charge in [0.05, 0.1) is 11.5 Å². The monoisotopic (exact) mass is 492 g/mol. The van der Waals surface area contributed by atoms with Gasteiger partial charge in [-0.25, -0.2) is 0 Å². The largest absolute Gasteiger partial charge is 0.422 e. The summed E-state index contributed by atoms with van der Waals surface area (Å²) in [6.45, 7) is 4.07. The number of carbonyl (C=O) groups is 3. The van der Waals surface area contributed by atoms with Gasteiger partial charge in [-0.05, 0) is 68.1 Å². The van der Waals surface area contributed by atoms with Crippen LogP contribution in [0.1, 0.15) is 97.4 Å². The average Bonchev–Trinajstić information content (AvgIpc) is 2.88. The van der Waals surface area contributed by atoms with Gasteiger partial charge >= 0.3 is 5.97 Å². The Hall–Kier alpha value is -2.72. The van der Waals surface area contributed by atoms with E-state index in [1.54, 1.807) is 24.3 Å². The summed E-state index contributed by atoms with van der Waals surface area (Å²) >= 11 is 6.05. The first-order valence-electron chi connectivity index (χ1n) is 12.8. The van der Waals surface area contributed by atoms with Crippen LogP contribution in [0.4, 0.5) is 0 Å². The Kier molecular flexibility index (Phi) is 8.22. The number of fused-ring (bicyclic) bond motifs is 1. The molecular formula is C30H33ClO4. The van der Waals surface area contributed by atoms with Gasteiger partial charge < -0.3 is 4.74 Å². The van der Waals surface area contributed by atoms with Crippen LogP contribution < -0.4 is 0 Å². The molecule has 2 aliphatic carbocycles. The second-order valence-corrected chi connectivity index (χ2v) is 10.2. The Morgan fingerprint density at radius 3 is 1.97 bits per heavy atom. The lowest BCUT2D eigenvalue weighted by atomic mass is 9.72. The van der Waals surface area contributed by atoms with Gasteiger partial charge in [0, 0.05) is 16.1 Å². The molecule has 35 heavy (non-hydrogen) atoms. The highest BCUT2D eigenvalue weighted by atomic mass is 35.5. The lowest BCUT2D eigenvalue weighted by Gasteiger charge is -2.32. The van der Waals surface area contributed by atoms with E-state index in [-0.39, 0.29) is 29.2 Å². The smallest absolute Gasteiger partial charge is 0.314 e. The van der Waals surface area contributed by atoms with Crippen molar-refractivity contribution in [3.8, 4) is 0 Å². The molecule has 1 saturated carbocycles. The predicted octanol–water partition coefficient (Wildman–Crippen LogP) is 7.71. The quantitative estimate of drug-likeness (QED) is 0.354. The Balaban J connectivity index is 1.63. The predicted molar refractivity (Wildman–Crippen MR) is 138 cm³/mol. The third kappa shape index (κ3) is 5.43. The number of hydrogen-bond acceptors (Lipinski definition) is 4. The normalized spacial score (nSPS) is 20.2. The van der Waals surface area contributed by atoms with Crippen LogP contribution in [0.25, 0.3) is 0 Å². The molecule has 0 unspecified atom stereocenters. The van der Waals surface area contributed by atoms with Crippen molar-refractivity contribution < 1.29 is 19.1 Å². The molecule has 2 aromatic carbocycles. The molecule has 0 aromatic heterocycles. The second kappa shape index (κ2) is 11.3. The zero-order chi connectivity index (χ0) is 24.9. The van der Waals surface area contributed by atoms with Crippen LogP contribution in [0.2, 0.25) is 5.02 Å². The van der Waals surface area contributed by atoms with E-state index in [1.165, 1.54) is 5.56 Å². The van der Waals surface area contributed by atoms with Crippen LogP contribution in [-0.2, 0) is 9.53 Å². The van der Waals surface area contributed by atoms with Gasteiger partial charge in [0.1, 0.15) is 0 Å². The molecule has 2 aromatic rings. The number of carbonyl (C=O) groups excluding carboxylic acids is 3. The summed E-state index contributed by atoms with van der Waals surface area (Å²) in [5.74, 6) is -0.949. The molecule has 2 aliphatic rings. The van der Waals surface area contributed by atoms with Gasteiger partial charge in [-0.2, -0.15) is 0 Å². The molecule has 184 valence electrons. The van der Waals surface area contributed by atoms with Crippen molar-refractivity contribution in [2.75, 3.05) is 0 Å². The zero-order valence-electron chi connectivity index (χ0n) is 20.5. The van der Waals surface area contributed by atoms with Crippen molar-refractivity contribution in [3.63, 3.8) is 0 Å². The van der Waals surface area contributed by atoms with E-state index >= 15 is 0 Å². The van der Waals surface area contributed by atoms with Crippen molar-refractivity contribution in [2.24, 2.45) is 11.8 Å². The van der Waals surface area contributed by atoms with Crippen molar-refractivity contribution >= 4 is 29.1 Å². The highest BCUT2D eigenvalue weighted by molar-refractivity contribution is 6.30. The number of ketones is 2. The molecule has 0 atom stereocenters. The maximum absolute atomic E-state index is 13.6. The molecule has 0 saturated heterocycles. The van der Waals surface area contributed by atoms with Crippen LogP contribution in [-0.4, -0.2) is 17.5 Å². The molecule has 4 rings (SSSR count). The van der Waals surface area contributed by atoms with E-state index in [0.29, 0.717) is 40.5 Å². The van der Waals surface area contributed by atoms with E-state index in [1.807, 2.05) is 26.0 Å². The molecular weight excluding hydrogens is 460 g/mol. The number of hydrogen-bond donors (Lipinski definition) is 0. The van der Waals surface area contributed by atoms with Gasteiger partial charge in [-0.15, -0.1) is 0 Å². The average molecular weight is 493 g/mol. The van der Waals surface area contributed by atoms with Crippen LogP contribution in [0.15, 0.2) is 59.9 Å². The molecule has 0 aliphatic heterocycles. The minimum absolute atomic E-state index is 0.0363. The minimum atomic E-state index is -0.392. The summed E-state index contributed by atoms with van der Waals surface area (Å²) in [6, 6.07) is 14.8. The Bertz CT molecular complexity index is 1120. The summed E-state index contributed by atoms with van der Waals surface area (Å²) in [5.41, 5.74) is 2.36. The highest BCUT2D eigenvalue weighted by Gasteiger charge is 2.40. The summed E-state index contributed by atoms with van der Waals surface area (Å²) in [6.07, 6.45) is 6.45. The first kappa shape index (κ1) is 25.4. The molecule has 0 heterocycles. The fraction of sp³-hybridized carbons (Fsp3) is 0.433. The Morgan fingerprint density at radius 1 is 0.857 bits per heavy atom. The standard InChI is InChI=1S/C30H33ClO4/c1-3-7-22(8-4-2)30(34)35-29-26(27(32)24-9-5-6-10-25(24)28(29)33)21-13-11-19(12-14-21)20-15-17-23(31)18-16-20/h5-6,9-10,15-19,21-22H,3-4,7-8,11-14H2,1-2H3/t19-,21-. The summed E-state index contributed by atoms with van der Waals surface area (Å²) < 4.78 is 5.84. The topological polar surface area (TPSA) is 60.4 Å². The van der Waals surface area contributed by atoms with Gasteiger partial charge in [0.2, 0.25) is 5.78 Å². The zero-order valence-corrected chi connectivity index (χ0v) is 21.3. The maximum atomic E-state index is 13.6. The first-order chi connectivity index (χ1) is 16.9.